The average Bonchev–Trinajstić information content (AvgIpc) is 3.30. The summed E-state index contributed by atoms with van der Waals surface area (Å²) in [4.78, 5) is 0. The smallest absolute Gasteiger partial charge is 0.114 e. The van der Waals surface area contributed by atoms with Crippen molar-refractivity contribution in [3.05, 3.63) is 22.5 Å². The van der Waals surface area contributed by atoms with Crippen LogP contribution in [0.25, 0.3) is 0 Å². The summed E-state index contributed by atoms with van der Waals surface area (Å²) in [5.74, 6) is 3.19. The average molecular weight is 453 g/mol. The predicted molar refractivity (Wildman–Crippen MR) is 135 cm³/mol. The zero-order valence-electron chi connectivity index (χ0n) is 22.7. The van der Waals surface area contributed by atoms with Crippen LogP contribution in [-0.4, -0.2) is 10.3 Å². The van der Waals surface area contributed by atoms with Gasteiger partial charge in [-0.15, -0.1) is 0 Å². The van der Waals surface area contributed by atoms with E-state index in [-0.39, 0.29) is 10.8 Å². The molecule has 0 amide bonds. The third kappa shape index (κ3) is 3.19. The molecule has 4 aliphatic carbocycles. The van der Waals surface area contributed by atoms with E-state index in [1.165, 1.54) is 57.8 Å². The Labute approximate surface area is 202 Å². The lowest BCUT2D eigenvalue weighted by Gasteiger charge is -2.60. The summed E-state index contributed by atoms with van der Waals surface area (Å²) in [7, 11) is 0. The SMILES string of the molecule is CC(C)CCCC(C)C1CCC2(C)C3=C(CCC12C)C1(C)Cc2nonc2C(C)(C)C1CC3. The second-order valence-electron chi connectivity index (χ2n) is 14.1. The first-order valence-electron chi connectivity index (χ1n) is 14.0. The Balaban J connectivity index is 1.48. The Morgan fingerprint density at radius 2 is 1.67 bits per heavy atom. The summed E-state index contributed by atoms with van der Waals surface area (Å²) in [6.07, 6.45) is 13.3. The number of nitrogens with zero attached hydrogens (tertiary/aromatic N) is 2. The van der Waals surface area contributed by atoms with E-state index in [2.05, 4.69) is 65.7 Å². The normalized spacial score (nSPS) is 40.3. The minimum atomic E-state index is 0.0334. The van der Waals surface area contributed by atoms with Gasteiger partial charge in [0.05, 0.1) is 0 Å². The molecule has 3 nitrogen and oxygen atoms in total. The van der Waals surface area contributed by atoms with Gasteiger partial charge in [0.25, 0.3) is 0 Å². The van der Waals surface area contributed by atoms with Crippen molar-refractivity contribution in [1.29, 1.82) is 0 Å². The molecule has 1 heterocycles. The molecule has 0 radical (unpaired) electrons. The van der Waals surface area contributed by atoms with Crippen molar-refractivity contribution in [2.24, 2.45) is 39.9 Å². The van der Waals surface area contributed by atoms with Gasteiger partial charge in [-0.05, 0) is 78.4 Å². The summed E-state index contributed by atoms with van der Waals surface area (Å²) < 4.78 is 5.27. The second-order valence-corrected chi connectivity index (χ2v) is 14.1. The van der Waals surface area contributed by atoms with Gasteiger partial charge in [-0.25, -0.2) is 4.63 Å². The van der Waals surface area contributed by atoms with Gasteiger partial charge in [-0.2, -0.15) is 0 Å². The van der Waals surface area contributed by atoms with Gasteiger partial charge in [0.15, 0.2) is 0 Å². The standard InChI is InChI=1S/C30H48N2O/c1-19(2)10-9-11-20(3)21-14-16-30(8)23-12-13-25-27(4,5)26-24(31-33-32-26)18-28(25,6)22(23)15-17-29(21,30)7/h19-21,25H,9-18H2,1-8H3. The molecule has 0 N–H and O–H groups in total. The van der Waals surface area contributed by atoms with Gasteiger partial charge >= 0.3 is 0 Å². The van der Waals surface area contributed by atoms with Crippen molar-refractivity contribution in [3.8, 4) is 0 Å². The zero-order chi connectivity index (χ0) is 23.8. The molecule has 0 aliphatic heterocycles. The van der Waals surface area contributed by atoms with Crippen LogP contribution in [-0.2, 0) is 11.8 Å². The molecule has 0 bridgehead atoms. The first-order valence-corrected chi connectivity index (χ1v) is 14.0. The van der Waals surface area contributed by atoms with Gasteiger partial charge < -0.3 is 0 Å². The molecule has 3 heteroatoms. The van der Waals surface area contributed by atoms with Crippen molar-refractivity contribution < 1.29 is 4.63 Å². The highest BCUT2D eigenvalue weighted by atomic mass is 16.6. The Morgan fingerprint density at radius 1 is 0.909 bits per heavy atom. The number of fused-ring (bicyclic) bond motifs is 5. The molecule has 33 heavy (non-hydrogen) atoms. The van der Waals surface area contributed by atoms with E-state index >= 15 is 0 Å². The van der Waals surface area contributed by atoms with E-state index in [1.807, 2.05) is 11.1 Å². The molecule has 0 saturated heterocycles. The van der Waals surface area contributed by atoms with Crippen molar-refractivity contribution in [2.75, 3.05) is 0 Å². The number of hydrogen-bond donors (Lipinski definition) is 0. The first-order chi connectivity index (χ1) is 15.4. The maximum absolute atomic E-state index is 5.27. The highest BCUT2D eigenvalue weighted by molar-refractivity contribution is 5.42. The first kappa shape index (κ1) is 23.6. The van der Waals surface area contributed by atoms with Crippen LogP contribution in [0.1, 0.15) is 125 Å². The Morgan fingerprint density at radius 3 is 2.39 bits per heavy atom. The van der Waals surface area contributed by atoms with Crippen molar-refractivity contribution in [1.82, 2.24) is 10.3 Å². The fourth-order valence-corrected chi connectivity index (χ4v) is 9.83. The highest BCUT2D eigenvalue weighted by Crippen LogP contribution is 2.72. The van der Waals surface area contributed by atoms with Gasteiger partial charge in [0.1, 0.15) is 11.4 Å². The van der Waals surface area contributed by atoms with E-state index in [9.17, 15) is 0 Å². The molecule has 1 aromatic heterocycles. The van der Waals surface area contributed by atoms with Crippen molar-refractivity contribution in [3.63, 3.8) is 0 Å². The summed E-state index contributed by atoms with van der Waals surface area (Å²) >= 11 is 0. The monoisotopic (exact) mass is 452 g/mol. The second kappa shape index (κ2) is 7.69. The van der Waals surface area contributed by atoms with Crippen LogP contribution < -0.4 is 0 Å². The van der Waals surface area contributed by atoms with E-state index in [0.717, 1.165) is 35.6 Å². The number of allylic oxidation sites excluding steroid dienone is 2. The predicted octanol–water partition coefficient (Wildman–Crippen LogP) is 8.30. The zero-order valence-corrected chi connectivity index (χ0v) is 22.7. The van der Waals surface area contributed by atoms with Gasteiger partial charge in [-0.3, -0.25) is 0 Å². The van der Waals surface area contributed by atoms with Gasteiger partial charge in [-0.1, -0.05) is 96.1 Å². The molecular formula is C30H48N2O. The van der Waals surface area contributed by atoms with Crippen molar-refractivity contribution >= 4 is 0 Å². The lowest BCUT2D eigenvalue weighted by atomic mass is 9.44. The van der Waals surface area contributed by atoms with Crippen LogP contribution in [0, 0.1) is 39.9 Å². The highest BCUT2D eigenvalue weighted by Gasteiger charge is 2.63. The quantitative estimate of drug-likeness (QED) is 0.422. The lowest BCUT2D eigenvalue weighted by Crippen LogP contribution is -2.53. The summed E-state index contributed by atoms with van der Waals surface area (Å²) in [5, 5.41) is 8.77. The maximum Gasteiger partial charge on any atom is 0.114 e. The summed E-state index contributed by atoms with van der Waals surface area (Å²) in [5.41, 5.74) is 6.98. The molecule has 1 saturated carbocycles. The Kier molecular flexibility index (Phi) is 5.50. The molecule has 1 fully saturated rings. The third-order valence-electron chi connectivity index (χ3n) is 11.8. The molecule has 1 aromatic rings. The number of aromatic nitrogens is 2. The minimum Gasteiger partial charge on any atom is -0.244 e. The van der Waals surface area contributed by atoms with Gasteiger partial charge in [0.2, 0.25) is 0 Å². The Bertz CT molecular complexity index is 941. The Hall–Kier alpha value is -1.12. The minimum absolute atomic E-state index is 0.0334. The van der Waals surface area contributed by atoms with Gasteiger partial charge in [0, 0.05) is 11.8 Å². The van der Waals surface area contributed by atoms with Crippen LogP contribution in [0.5, 0.6) is 0 Å². The molecule has 0 aromatic carbocycles. The molecular weight excluding hydrogens is 404 g/mol. The maximum atomic E-state index is 5.27. The van der Waals surface area contributed by atoms with Crippen LogP contribution in [0.4, 0.5) is 0 Å². The van der Waals surface area contributed by atoms with E-state index in [4.69, 9.17) is 4.63 Å². The largest absolute Gasteiger partial charge is 0.244 e. The number of rotatable bonds is 5. The fourth-order valence-electron chi connectivity index (χ4n) is 9.83. The third-order valence-corrected chi connectivity index (χ3v) is 11.8. The van der Waals surface area contributed by atoms with E-state index in [0.29, 0.717) is 16.7 Å². The van der Waals surface area contributed by atoms with Crippen LogP contribution in [0.2, 0.25) is 0 Å². The lowest BCUT2D eigenvalue weighted by molar-refractivity contribution is 0.0133. The summed E-state index contributed by atoms with van der Waals surface area (Å²) in [6, 6.07) is 0. The fraction of sp³-hybridized carbons (Fsp3) is 0.867. The van der Waals surface area contributed by atoms with Crippen LogP contribution in [0.3, 0.4) is 0 Å². The topological polar surface area (TPSA) is 38.9 Å². The molecule has 5 rings (SSSR count). The van der Waals surface area contributed by atoms with E-state index < -0.39 is 0 Å². The van der Waals surface area contributed by atoms with E-state index in [1.54, 1.807) is 0 Å². The molecule has 6 atom stereocenters. The molecule has 184 valence electrons. The van der Waals surface area contributed by atoms with Crippen LogP contribution >= 0.6 is 0 Å². The van der Waals surface area contributed by atoms with Crippen molar-refractivity contribution in [2.45, 2.75) is 125 Å². The molecule has 6 unspecified atom stereocenters. The van der Waals surface area contributed by atoms with Crippen LogP contribution in [0.15, 0.2) is 15.8 Å². The molecule has 4 aliphatic rings. The number of hydrogen-bond acceptors (Lipinski definition) is 3. The molecule has 0 spiro atoms. The summed E-state index contributed by atoms with van der Waals surface area (Å²) in [6.45, 7) is 20.0.